The van der Waals surface area contributed by atoms with E-state index in [4.69, 9.17) is 18.9 Å². The molecule has 1 aliphatic heterocycles. The molecule has 1 amide bonds. The minimum atomic E-state index is -0.386. The van der Waals surface area contributed by atoms with E-state index in [1.807, 2.05) is 54.6 Å². The summed E-state index contributed by atoms with van der Waals surface area (Å²) in [6, 6.07) is 17.1. The van der Waals surface area contributed by atoms with E-state index >= 15 is 0 Å². The molecule has 1 saturated heterocycles. The first-order valence-electron chi connectivity index (χ1n) is 10.7. The van der Waals surface area contributed by atoms with Crippen LogP contribution in [-0.4, -0.2) is 49.5 Å². The van der Waals surface area contributed by atoms with Crippen molar-refractivity contribution in [2.45, 2.75) is 37.8 Å². The van der Waals surface area contributed by atoms with E-state index in [2.05, 4.69) is 13.2 Å². The van der Waals surface area contributed by atoms with Crippen LogP contribution in [0.15, 0.2) is 79.9 Å². The topological polar surface area (TPSA) is 57.2 Å². The Kier molecular flexibility index (Phi) is 8.90. The zero-order valence-electron chi connectivity index (χ0n) is 18.5. The summed E-state index contributed by atoms with van der Waals surface area (Å²) in [6.45, 7) is 9.54. The predicted octanol–water partition coefficient (Wildman–Crippen LogP) is 4.75. The van der Waals surface area contributed by atoms with Crippen LogP contribution >= 0.6 is 0 Å². The largest absolute Gasteiger partial charge is 0.497 e. The molecule has 1 heterocycles. The Morgan fingerprint density at radius 3 is 2.38 bits per heavy atom. The van der Waals surface area contributed by atoms with E-state index in [0.717, 1.165) is 16.9 Å². The highest BCUT2D eigenvalue weighted by Gasteiger charge is 2.42. The number of hydrogen-bond donors (Lipinski definition) is 0. The molecule has 2 aromatic carbocycles. The van der Waals surface area contributed by atoms with E-state index in [1.165, 1.54) is 0 Å². The van der Waals surface area contributed by atoms with Crippen molar-refractivity contribution in [1.82, 2.24) is 4.90 Å². The number of amides is 1. The van der Waals surface area contributed by atoms with Crippen LogP contribution in [0, 0.1) is 0 Å². The molecule has 0 spiro atoms. The average molecular weight is 438 g/mol. The summed E-state index contributed by atoms with van der Waals surface area (Å²) >= 11 is 0. The highest BCUT2D eigenvalue weighted by Crippen LogP contribution is 2.26. The summed E-state index contributed by atoms with van der Waals surface area (Å²) < 4.78 is 22.4. The Labute approximate surface area is 190 Å². The monoisotopic (exact) mass is 437 g/mol. The molecule has 6 nitrogen and oxygen atoms in total. The van der Waals surface area contributed by atoms with Crippen molar-refractivity contribution in [1.29, 1.82) is 0 Å². The van der Waals surface area contributed by atoms with Gasteiger partial charge in [0.05, 0.1) is 45.6 Å². The SMILES string of the molecule is C=C[C@@H](COCc1ccccc1)N1C(=O)O[C@@H](CCOCc2ccc(OC)cc2)[C@@H]1C=C. The van der Waals surface area contributed by atoms with Gasteiger partial charge in [0.15, 0.2) is 0 Å². The van der Waals surface area contributed by atoms with Crippen molar-refractivity contribution >= 4 is 6.09 Å². The molecular weight excluding hydrogens is 406 g/mol. The number of rotatable bonds is 13. The molecule has 0 N–H and O–H groups in total. The zero-order chi connectivity index (χ0) is 22.8. The maximum absolute atomic E-state index is 12.6. The predicted molar refractivity (Wildman–Crippen MR) is 123 cm³/mol. The van der Waals surface area contributed by atoms with Crippen LogP contribution in [0.1, 0.15) is 17.5 Å². The van der Waals surface area contributed by atoms with E-state index in [0.29, 0.717) is 32.8 Å². The molecule has 3 rings (SSSR count). The number of carbonyl (C=O) groups excluding carboxylic acids is 1. The van der Waals surface area contributed by atoms with Crippen molar-refractivity contribution in [3.05, 3.63) is 91.0 Å². The highest BCUT2D eigenvalue weighted by molar-refractivity contribution is 5.72. The molecule has 0 unspecified atom stereocenters. The van der Waals surface area contributed by atoms with Crippen LogP contribution in [0.4, 0.5) is 4.79 Å². The number of ether oxygens (including phenoxy) is 4. The molecule has 6 heteroatoms. The maximum atomic E-state index is 12.6. The summed E-state index contributed by atoms with van der Waals surface area (Å²) in [5, 5.41) is 0. The second kappa shape index (κ2) is 12.1. The third kappa shape index (κ3) is 6.22. The van der Waals surface area contributed by atoms with Gasteiger partial charge in [-0.3, -0.25) is 4.90 Å². The molecule has 1 fully saturated rings. The molecule has 170 valence electrons. The van der Waals surface area contributed by atoms with Crippen molar-refractivity contribution in [2.24, 2.45) is 0 Å². The van der Waals surface area contributed by atoms with Gasteiger partial charge in [-0.05, 0) is 23.3 Å². The van der Waals surface area contributed by atoms with Crippen LogP contribution in [0.2, 0.25) is 0 Å². The lowest BCUT2D eigenvalue weighted by Gasteiger charge is -2.28. The highest BCUT2D eigenvalue weighted by atomic mass is 16.6. The number of hydrogen-bond acceptors (Lipinski definition) is 5. The van der Waals surface area contributed by atoms with E-state index in [1.54, 1.807) is 24.2 Å². The van der Waals surface area contributed by atoms with Gasteiger partial charge >= 0.3 is 6.09 Å². The van der Waals surface area contributed by atoms with E-state index < -0.39 is 0 Å². The average Bonchev–Trinajstić information content (AvgIpc) is 3.15. The molecule has 0 saturated carbocycles. The van der Waals surface area contributed by atoms with Gasteiger partial charge in [0.2, 0.25) is 0 Å². The zero-order valence-corrected chi connectivity index (χ0v) is 18.5. The molecule has 32 heavy (non-hydrogen) atoms. The van der Waals surface area contributed by atoms with Gasteiger partial charge < -0.3 is 18.9 Å². The minimum absolute atomic E-state index is 0.268. The van der Waals surface area contributed by atoms with Gasteiger partial charge in [-0.1, -0.05) is 54.6 Å². The lowest BCUT2D eigenvalue weighted by molar-refractivity contribution is 0.0722. The number of benzene rings is 2. The number of methoxy groups -OCH3 is 1. The molecule has 0 radical (unpaired) electrons. The van der Waals surface area contributed by atoms with Gasteiger partial charge in [0.1, 0.15) is 11.9 Å². The van der Waals surface area contributed by atoms with Crippen LogP contribution in [-0.2, 0) is 27.4 Å². The van der Waals surface area contributed by atoms with Crippen molar-refractivity contribution in [3.8, 4) is 5.75 Å². The number of cyclic esters (lactones) is 1. The Morgan fingerprint density at radius 2 is 1.72 bits per heavy atom. The Bertz CT molecular complexity index is 868. The number of nitrogens with zero attached hydrogens (tertiary/aromatic N) is 1. The fourth-order valence-corrected chi connectivity index (χ4v) is 3.66. The Morgan fingerprint density at radius 1 is 1.03 bits per heavy atom. The van der Waals surface area contributed by atoms with Gasteiger partial charge in [-0.25, -0.2) is 4.79 Å². The fraction of sp³-hybridized carbons (Fsp3) is 0.346. The quantitative estimate of drug-likeness (QED) is 0.334. The molecule has 0 aliphatic carbocycles. The van der Waals surface area contributed by atoms with Crippen LogP contribution in [0.5, 0.6) is 5.75 Å². The van der Waals surface area contributed by atoms with Crippen molar-refractivity contribution in [2.75, 3.05) is 20.3 Å². The lowest BCUT2D eigenvalue weighted by atomic mass is 10.1. The molecule has 1 aliphatic rings. The summed E-state index contributed by atoms with van der Waals surface area (Å²) in [5.74, 6) is 0.810. The maximum Gasteiger partial charge on any atom is 0.411 e. The van der Waals surface area contributed by atoms with Crippen molar-refractivity contribution in [3.63, 3.8) is 0 Å². The third-order valence-electron chi connectivity index (χ3n) is 5.41. The Balaban J connectivity index is 1.48. The van der Waals surface area contributed by atoms with Gasteiger partial charge in [0, 0.05) is 6.42 Å². The smallest absolute Gasteiger partial charge is 0.411 e. The van der Waals surface area contributed by atoms with Crippen LogP contribution < -0.4 is 4.74 Å². The van der Waals surface area contributed by atoms with Crippen molar-refractivity contribution < 1.29 is 23.7 Å². The Hall–Kier alpha value is -3.09. The van der Waals surface area contributed by atoms with Crippen LogP contribution in [0.3, 0.4) is 0 Å². The van der Waals surface area contributed by atoms with Gasteiger partial charge in [-0.15, -0.1) is 13.2 Å². The van der Waals surface area contributed by atoms with Gasteiger partial charge in [-0.2, -0.15) is 0 Å². The van der Waals surface area contributed by atoms with E-state index in [-0.39, 0.29) is 24.3 Å². The van der Waals surface area contributed by atoms with Gasteiger partial charge in [0.25, 0.3) is 0 Å². The minimum Gasteiger partial charge on any atom is -0.497 e. The molecule has 2 aromatic rings. The summed E-state index contributed by atoms with van der Waals surface area (Å²) in [4.78, 5) is 14.3. The van der Waals surface area contributed by atoms with E-state index in [9.17, 15) is 4.79 Å². The first-order chi connectivity index (χ1) is 15.7. The molecular formula is C26H31NO5. The standard InChI is InChI=1S/C26H31NO5/c1-4-22(19-31-18-20-9-7-6-8-10-20)27-24(5-2)25(32-26(27)28)15-16-30-17-21-11-13-23(29-3)14-12-21/h4-14,22,24-25H,1-2,15-19H2,3H3/t22-,24-,25-/m0/s1. The van der Waals surface area contributed by atoms with Crippen LogP contribution in [0.25, 0.3) is 0 Å². The normalized spacial score (nSPS) is 18.8. The molecule has 0 bridgehead atoms. The fourth-order valence-electron chi connectivity index (χ4n) is 3.66. The summed E-state index contributed by atoms with van der Waals surface area (Å²) in [5.41, 5.74) is 2.13. The second-order valence-corrected chi connectivity index (χ2v) is 7.55. The number of carbonyl (C=O) groups is 1. The summed E-state index contributed by atoms with van der Waals surface area (Å²) in [6.07, 6.45) is 3.32. The summed E-state index contributed by atoms with van der Waals surface area (Å²) in [7, 11) is 1.64. The molecule has 0 aromatic heterocycles. The third-order valence-corrected chi connectivity index (χ3v) is 5.41. The second-order valence-electron chi connectivity index (χ2n) is 7.55. The molecule has 3 atom stereocenters. The lowest BCUT2D eigenvalue weighted by Crippen LogP contribution is -2.44. The first-order valence-corrected chi connectivity index (χ1v) is 10.7. The first kappa shape index (κ1) is 23.6.